The first-order valence-corrected chi connectivity index (χ1v) is 12.7. The monoisotopic (exact) mass is 426 g/mol. The summed E-state index contributed by atoms with van der Waals surface area (Å²) in [6, 6.07) is 0. The van der Waals surface area contributed by atoms with Gasteiger partial charge in [-0.25, -0.2) is 0 Å². The lowest BCUT2D eigenvalue weighted by Crippen LogP contribution is -2.31. The van der Waals surface area contributed by atoms with E-state index in [1.807, 2.05) is 0 Å². The van der Waals surface area contributed by atoms with Crippen molar-refractivity contribution in [3.63, 3.8) is 0 Å². The average molecular weight is 427 g/mol. The third kappa shape index (κ3) is 14.0. The highest BCUT2D eigenvalue weighted by molar-refractivity contribution is 5.74. The van der Waals surface area contributed by atoms with E-state index in [0.717, 1.165) is 88.9 Å². The van der Waals surface area contributed by atoms with Crippen LogP contribution in [-0.4, -0.2) is 22.2 Å². The minimum Gasteiger partial charge on any atom is -0.481 e. The minimum atomic E-state index is -0.727. The Balaban J connectivity index is 4.62. The second kappa shape index (κ2) is 17.6. The summed E-state index contributed by atoms with van der Waals surface area (Å²) in [6.07, 6.45) is 16.3. The Hall–Kier alpha value is -1.06. The molecule has 0 rings (SSSR count). The summed E-state index contributed by atoms with van der Waals surface area (Å²) in [5, 5.41) is 18.9. The molecule has 0 bridgehead atoms. The molecule has 0 radical (unpaired) electrons. The van der Waals surface area contributed by atoms with Crippen molar-refractivity contribution in [3.05, 3.63) is 0 Å². The van der Waals surface area contributed by atoms with Crippen molar-refractivity contribution >= 4 is 11.9 Å². The van der Waals surface area contributed by atoms with Gasteiger partial charge >= 0.3 is 11.9 Å². The zero-order chi connectivity index (χ0) is 22.8. The van der Waals surface area contributed by atoms with E-state index in [9.17, 15) is 14.7 Å². The Bertz CT molecular complexity index is 428. The summed E-state index contributed by atoms with van der Waals surface area (Å²) in [5.41, 5.74) is -0.564. The number of aliphatic carboxylic acids is 2. The summed E-state index contributed by atoms with van der Waals surface area (Å²) in [4.78, 5) is 23.0. The predicted octanol–water partition coefficient (Wildman–Crippen LogP) is 8.09. The maximum Gasteiger partial charge on any atom is 0.309 e. The maximum atomic E-state index is 12.4. The Morgan fingerprint density at radius 3 is 1.47 bits per heavy atom. The van der Waals surface area contributed by atoms with Gasteiger partial charge in [-0.05, 0) is 37.5 Å². The van der Waals surface area contributed by atoms with Crippen molar-refractivity contribution in [3.8, 4) is 0 Å². The first-order chi connectivity index (χ1) is 14.3. The molecule has 0 aromatic rings. The largest absolute Gasteiger partial charge is 0.481 e. The van der Waals surface area contributed by atoms with Gasteiger partial charge in [0.1, 0.15) is 0 Å². The molecule has 2 atom stereocenters. The minimum absolute atomic E-state index is 0.241. The zero-order valence-electron chi connectivity index (χ0n) is 20.4. The molecule has 0 aromatic heterocycles. The van der Waals surface area contributed by atoms with Crippen molar-refractivity contribution in [1.82, 2.24) is 0 Å². The van der Waals surface area contributed by atoms with E-state index in [1.54, 1.807) is 0 Å². The van der Waals surface area contributed by atoms with Crippen molar-refractivity contribution in [2.75, 3.05) is 0 Å². The van der Waals surface area contributed by atoms with E-state index >= 15 is 0 Å². The Morgan fingerprint density at radius 2 is 1.07 bits per heavy atom. The molecule has 0 aromatic carbocycles. The second-order valence-corrected chi connectivity index (χ2v) is 9.77. The fraction of sp³-hybridized carbons (Fsp3) is 0.923. The van der Waals surface area contributed by atoms with Crippen LogP contribution in [-0.2, 0) is 9.59 Å². The molecule has 0 aliphatic carbocycles. The first kappa shape index (κ1) is 28.9. The maximum absolute atomic E-state index is 12.4. The highest BCUT2D eigenvalue weighted by Gasteiger charge is 2.36. The van der Waals surface area contributed by atoms with Crippen molar-refractivity contribution in [1.29, 1.82) is 0 Å². The molecule has 30 heavy (non-hydrogen) atoms. The number of hydrogen-bond donors (Lipinski definition) is 2. The Labute approximate surface area is 186 Å². The van der Waals surface area contributed by atoms with E-state index in [0.29, 0.717) is 0 Å². The third-order valence-corrected chi connectivity index (χ3v) is 7.10. The number of rotatable bonds is 21. The van der Waals surface area contributed by atoms with Crippen LogP contribution in [0.4, 0.5) is 0 Å². The van der Waals surface area contributed by atoms with Gasteiger partial charge in [0.15, 0.2) is 0 Å². The number of carboxylic acids is 2. The second-order valence-electron chi connectivity index (χ2n) is 9.77. The van der Waals surface area contributed by atoms with Gasteiger partial charge < -0.3 is 10.2 Å². The summed E-state index contributed by atoms with van der Waals surface area (Å²) < 4.78 is 0. The van der Waals surface area contributed by atoms with Crippen molar-refractivity contribution in [2.24, 2.45) is 17.3 Å². The molecule has 0 saturated heterocycles. The molecule has 178 valence electrons. The van der Waals surface area contributed by atoms with Crippen LogP contribution in [0, 0.1) is 17.3 Å². The SMILES string of the molecule is CCC(C)CCCCC(CCCCCCCC(=O)O)(CCCCC(C)CC)C(=O)O. The highest BCUT2D eigenvalue weighted by Crippen LogP contribution is 2.38. The summed E-state index contributed by atoms with van der Waals surface area (Å²) in [5.74, 6) is 0.131. The summed E-state index contributed by atoms with van der Waals surface area (Å²) >= 11 is 0. The molecule has 2 N–H and O–H groups in total. The van der Waals surface area contributed by atoms with E-state index in [1.165, 1.54) is 25.7 Å². The summed E-state index contributed by atoms with van der Waals surface area (Å²) in [6.45, 7) is 9.01. The van der Waals surface area contributed by atoms with Gasteiger partial charge in [-0.15, -0.1) is 0 Å². The molecular weight excluding hydrogens is 376 g/mol. The van der Waals surface area contributed by atoms with Gasteiger partial charge in [-0.3, -0.25) is 9.59 Å². The van der Waals surface area contributed by atoms with Gasteiger partial charge in [0, 0.05) is 6.42 Å². The molecule has 4 nitrogen and oxygen atoms in total. The van der Waals surface area contributed by atoms with Gasteiger partial charge in [0.25, 0.3) is 0 Å². The molecule has 4 heteroatoms. The van der Waals surface area contributed by atoms with E-state index in [4.69, 9.17) is 5.11 Å². The Kier molecular flexibility index (Phi) is 17.0. The van der Waals surface area contributed by atoms with Crippen LogP contribution >= 0.6 is 0 Å². The molecular formula is C26H50O4. The van der Waals surface area contributed by atoms with E-state index in [2.05, 4.69) is 27.7 Å². The van der Waals surface area contributed by atoms with Crippen LogP contribution in [0.5, 0.6) is 0 Å². The molecule has 2 unspecified atom stereocenters. The molecule has 0 heterocycles. The lowest BCUT2D eigenvalue weighted by atomic mass is 9.73. The third-order valence-electron chi connectivity index (χ3n) is 7.10. The molecule has 0 aliphatic heterocycles. The van der Waals surface area contributed by atoms with Crippen LogP contribution in [0.3, 0.4) is 0 Å². The summed E-state index contributed by atoms with van der Waals surface area (Å²) in [7, 11) is 0. The average Bonchev–Trinajstić information content (AvgIpc) is 2.71. The topological polar surface area (TPSA) is 74.6 Å². The van der Waals surface area contributed by atoms with E-state index < -0.39 is 17.4 Å². The van der Waals surface area contributed by atoms with Gasteiger partial charge in [0.05, 0.1) is 5.41 Å². The van der Waals surface area contributed by atoms with Gasteiger partial charge in [0.2, 0.25) is 0 Å². The molecule has 0 aliphatic rings. The lowest BCUT2D eigenvalue weighted by molar-refractivity contribution is -0.151. The number of carbonyl (C=O) groups is 2. The first-order valence-electron chi connectivity index (χ1n) is 12.7. The molecule has 0 spiro atoms. The number of hydrogen-bond acceptors (Lipinski definition) is 2. The van der Waals surface area contributed by atoms with Gasteiger partial charge in [-0.2, -0.15) is 0 Å². The van der Waals surface area contributed by atoms with Gasteiger partial charge in [-0.1, -0.05) is 105 Å². The number of unbranched alkanes of at least 4 members (excludes halogenated alkanes) is 6. The van der Waals surface area contributed by atoms with E-state index in [-0.39, 0.29) is 6.42 Å². The molecule has 0 saturated carbocycles. The lowest BCUT2D eigenvalue weighted by Gasteiger charge is -2.30. The smallest absolute Gasteiger partial charge is 0.309 e. The van der Waals surface area contributed by atoms with Crippen molar-refractivity contribution < 1.29 is 19.8 Å². The zero-order valence-corrected chi connectivity index (χ0v) is 20.4. The van der Waals surface area contributed by atoms with Crippen LogP contribution in [0.1, 0.15) is 137 Å². The standard InChI is InChI=1S/C26H50O4/c1-5-22(3)16-11-14-20-26(25(29)30,21-15-12-17-23(4)6-2)19-13-9-7-8-10-18-24(27)28/h22-23H,5-21H2,1-4H3,(H,27,28)(H,29,30). The van der Waals surface area contributed by atoms with Crippen LogP contribution in [0.25, 0.3) is 0 Å². The van der Waals surface area contributed by atoms with Crippen LogP contribution < -0.4 is 0 Å². The fourth-order valence-corrected chi connectivity index (χ4v) is 4.29. The van der Waals surface area contributed by atoms with Crippen LogP contribution in [0.15, 0.2) is 0 Å². The predicted molar refractivity (Wildman–Crippen MR) is 126 cm³/mol. The van der Waals surface area contributed by atoms with Crippen LogP contribution in [0.2, 0.25) is 0 Å². The molecule has 0 amide bonds. The van der Waals surface area contributed by atoms with Crippen molar-refractivity contribution in [2.45, 2.75) is 137 Å². The highest BCUT2D eigenvalue weighted by atomic mass is 16.4. The Morgan fingerprint density at radius 1 is 0.667 bits per heavy atom. The fourth-order valence-electron chi connectivity index (χ4n) is 4.29. The number of carboxylic acid groups (broad SMARTS) is 2. The molecule has 0 fully saturated rings. The quantitative estimate of drug-likeness (QED) is 0.182. The normalized spacial score (nSPS) is 15.5.